The van der Waals surface area contributed by atoms with Crippen LogP contribution < -0.4 is 0 Å². The first-order valence-corrected chi connectivity index (χ1v) is 9.33. The molecule has 9 nitrogen and oxygen atoms in total. The number of rotatable bonds is 6. The minimum absolute atomic E-state index is 0.00886. The lowest BCUT2D eigenvalue weighted by atomic mass is 10.1. The molecule has 0 bridgehead atoms. The van der Waals surface area contributed by atoms with E-state index in [1.54, 1.807) is 17.0 Å². The fourth-order valence-corrected chi connectivity index (χ4v) is 3.82. The van der Waals surface area contributed by atoms with Crippen molar-refractivity contribution in [1.29, 1.82) is 0 Å². The van der Waals surface area contributed by atoms with Crippen LogP contribution in [0.25, 0.3) is 0 Å². The van der Waals surface area contributed by atoms with E-state index >= 15 is 0 Å². The normalized spacial score (nSPS) is 17.8. The smallest absolute Gasteiger partial charge is 0.282 e. The van der Waals surface area contributed by atoms with Crippen LogP contribution in [-0.2, 0) is 4.79 Å². The molecule has 2 aliphatic rings. The SMILES string of the molecule is CC(C(=O)N(C1CC1)C(C)c1ccco1)N1C(=O)c2cccc([N+](=O)[O-])c2C1=O. The van der Waals surface area contributed by atoms with Crippen LogP contribution in [0.1, 0.15) is 59.2 Å². The summed E-state index contributed by atoms with van der Waals surface area (Å²) >= 11 is 0. The lowest BCUT2D eigenvalue weighted by Gasteiger charge is -2.33. The fourth-order valence-electron chi connectivity index (χ4n) is 3.82. The summed E-state index contributed by atoms with van der Waals surface area (Å²) in [4.78, 5) is 52.1. The van der Waals surface area contributed by atoms with Gasteiger partial charge >= 0.3 is 0 Å². The zero-order chi connectivity index (χ0) is 20.9. The second kappa shape index (κ2) is 6.84. The number of nitrogens with zero attached hydrogens (tertiary/aromatic N) is 3. The Balaban J connectivity index is 1.65. The number of hydrogen-bond acceptors (Lipinski definition) is 6. The second-order valence-corrected chi connectivity index (χ2v) is 7.28. The zero-order valence-corrected chi connectivity index (χ0v) is 15.9. The summed E-state index contributed by atoms with van der Waals surface area (Å²) in [6.07, 6.45) is 3.18. The maximum absolute atomic E-state index is 13.3. The highest BCUT2D eigenvalue weighted by Gasteiger charge is 2.48. The first-order chi connectivity index (χ1) is 13.8. The first kappa shape index (κ1) is 18.9. The molecule has 0 spiro atoms. The fraction of sp³-hybridized carbons (Fsp3) is 0.350. The molecule has 0 N–H and O–H groups in total. The summed E-state index contributed by atoms with van der Waals surface area (Å²) in [7, 11) is 0. The predicted octanol–water partition coefficient (Wildman–Crippen LogP) is 2.92. The Bertz CT molecular complexity index is 1010. The minimum Gasteiger partial charge on any atom is -0.467 e. The van der Waals surface area contributed by atoms with E-state index in [-0.39, 0.29) is 23.2 Å². The van der Waals surface area contributed by atoms with Crippen molar-refractivity contribution < 1.29 is 23.7 Å². The van der Waals surface area contributed by atoms with Gasteiger partial charge in [-0.05, 0) is 44.9 Å². The molecule has 9 heteroatoms. The van der Waals surface area contributed by atoms with Gasteiger partial charge in [0.05, 0.1) is 22.8 Å². The van der Waals surface area contributed by atoms with Gasteiger partial charge in [0.2, 0.25) is 5.91 Å². The average Bonchev–Trinajstić information content (AvgIpc) is 3.30. The lowest BCUT2D eigenvalue weighted by Crippen LogP contribution is -2.50. The Morgan fingerprint density at radius 3 is 2.52 bits per heavy atom. The molecule has 0 saturated heterocycles. The monoisotopic (exact) mass is 397 g/mol. The van der Waals surface area contributed by atoms with Gasteiger partial charge in [0.25, 0.3) is 17.5 Å². The number of hydrogen-bond donors (Lipinski definition) is 0. The summed E-state index contributed by atoms with van der Waals surface area (Å²) in [5.41, 5.74) is -0.758. The Morgan fingerprint density at radius 2 is 1.93 bits per heavy atom. The third-order valence-corrected chi connectivity index (χ3v) is 5.43. The van der Waals surface area contributed by atoms with Gasteiger partial charge < -0.3 is 9.32 Å². The number of furan rings is 1. The molecule has 2 unspecified atom stereocenters. The third-order valence-electron chi connectivity index (χ3n) is 5.43. The van der Waals surface area contributed by atoms with Crippen LogP contribution in [0.5, 0.6) is 0 Å². The van der Waals surface area contributed by atoms with Crippen LogP contribution in [0.3, 0.4) is 0 Å². The van der Waals surface area contributed by atoms with Gasteiger partial charge in [-0.3, -0.25) is 29.4 Å². The van der Waals surface area contributed by atoms with Crippen LogP contribution >= 0.6 is 0 Å². The van der Waals surface area contributed by atoms with Crippen molar-refractivity contribution in [3.63, 3.8) is 0 Å². The maximum Gasteiger partial charge on any atom is 0.282 e. The van der Waals surface area contributed by atoms with Crippen molar-refractivity contribution in [2.24, 2.45) is 0 Å². The number of fused-ring (bicyclic) bond motifs is 1. The molecule has 1 aliphatic heterocycles. The van der Waals surface area contributed by atoms with Crippen LogP contribution in [0.2, 0.25) is 0 Å². The second-order valence-electron chi connectivity index (χ2n) is 7.28. The van der Waals surface area contributed by atoms with Gasteiger partial charge in [0.1, 0.15) is 17.4 Å². The van der Waals surface area contributed by atoms with Crippen molar-refractivity contribution in [3.05, 3.63) is 63.6 Å². The topological polar surface area (TPSA) is 114 Å². The molecule has 1 aliphatic carbocycles. The van der Waals surface area contributed by atoms with E-state index in [0.717, 1.165) is 17.7 Å². The van der Waals surface area contributed by atoms with Gasteiger partial charge in [-0.25, -0.2) is 0 Å². The quantitative estimate of drug-likeness (QED) is 0.421. The molecule has 2 heterocycles. The van der Waals surface area contributed by atoms with E-state index in [9.17, 15) is 24.5 Å². The third kappa shape index (κ3) is 2.98. The maximum atomic E-state index is 13.3. The Hall–Kier alpha value is -3.49. The number of imide groups is 1. The highest BCUT2D eigenvalue weighted by atomic mass is 16.6. The number of nitro benzene ring substituents is 1. The molecule has 2 atom stereocenters. The summed E-state index contributed by atoms with van der Waals surface area (Å²) in [6.45, 7) is 3.30. The van der Waals surface area contributed by atoms with Gasteiger partial charge in [-0.2, -0.15) is 0 Å². The van der Waals surface area contributed by atoms with Gasteiger partial charge in [0, 0.05) is 12.1 Å². The van der Waals surface area contributed by atoms with Crippen LogP contribution in [0, 0.1) is 10.1 Å². The molecule has 3 amide bonds. The molecular weight excluding hydrogens is 378 g/mol. The molecular formula is C20H19N3O6. The standard InChI is InChI=1S/C20H19N3O6/c1-11(16-7-4-10-29-16)21(13-8-9-13)18(24)12(2)22-19(25)14-5-3-6-15(23(27)28)17(14)20(22)26/h3-7,10-13H,8-9H2,1-2H3. The van der Waals surface area contributed by atoms with E-state index in [1.807, 2.05) is 6.92 Å². The highest BCUT2D eigenvalue weighted by Crippen LogP contribution is 2.37. The summed E-state index contributed by atoms with van der Waals surface area (Å²) in [5.74, 6) is -1.31. The summed E-state index contributed by atoms with van der Waals surface area (Å²) < 4.78 is 5.43. The van der Waals surface area contributed by atoms with E-state index in [1.165, 1.54) is 31.4 Å². The summed E-state index contributed by atoms with van der Waals surface area (Å²) in [5, 5.41) is 11.3. The van der Waals surface area contributed by atoms with Crippen molar-refractivity contribution in [2.75, 3.05) is 0 Å². The highest BCUT2D eigenvalue weighted by molar-refractivity contribution is 6.24. The van der Waals surface area contributed by atoms with Gasteiger partial charge in [-0.15, -0.1) is 0 Å². The molecule has 150 valence electrons. The zero-order valence-electron chi connectivity index (χ0n) is 15.9. The molecule has 1 aromatic heterocycles. The van der Waals surface area contributed by atoms with Crippen molar-refractivity contribution in [1.82, 2.24) is 9.80 Å². The minimum atomic E-state index is -1.10. The molecule has 29 heavy (non-hydrogen) atoms. The Labute approximate surface area is 166 Å². The number of nitro groups is 1. The molecule has 2 aromatic rings. The molecule has 1 saturated carbocycles. The molecule has 4 rings (SSSR count). The van der Waals surface area contributed by atoms with Crippen molar-refractivity contribution in [2.45, 2.75) is 44.8 Å². The van der Waals surface area contributed by atoms with Crippen LogP contribution in [0.15, 0.2) is 41.0 Å². The van der Waals surface area contributed by atoms with E-state index < -0.39 is 34.4 Å². The predicted molar refractivity (Wildman–Crippen MR) is 100 cm³/mol. The Kier molecular flexibility index (Phi) is 4.45. The Morgan fingerprint density at radius 1 is 1.21 bits per heavy atom. The van der Waals surface area contributed by atoms with E-state index in [4.69, 9.17) is 4.42 Å². The summed E-state index contributed by atoms with van der Waals surface area (Å²) in [6, 6.07) is 5.94. The van der Waals surface area contributed by atoms with Crippen molar-refractivity contribution in [3.8, 4) is 0 Å². The number of amides is 3. The molecule has 1 aromatic carbocycles. The average molecular weight is 397 g/mol. The largest absolute Gasteiger partial charge is 0.467 e. The van der Waals surface area contributed by atoms with E-state index in [2.05, 4.69) is 0 Å². The van der Waals surface area contributed by atoms with Crippen molar-refractivity contribution >= 4 is 23.4 Å². The number of benzene rings is 1. The lowest BCUT2D eigenvalue weighted by molar-refractivity contribution is -0.385. The molecule has 1 fully saturated rings. The molecule has 0 radical (unpaired) electrons. The number of carbonyl (C=O) groups excluding carboxylic acids is 3. The first-order valence-electron chi connectivity index (χ1n) is 9.33. The van der Waals surface area contributed by atoms with Crippen LogP contribution in [0.4, 0.5) is 5.69 Å². The van der Waals surface area contributed by atoms with E-state index in [0.29, 0.717) is 5.76 Å². The van der Waals surface area contributed by atoms with Gasteiger partial charge in [0.15, 0.2) is 0 Å². The van der Waals surface area contributed by atoms with Gasteiger partial charge in [-0.1, -0.05) is 6.07 Å². The van der Waals surface area contributed by atoms with Crippen LogP contribution in [-0.4, -0.2) is 44.5 Å². The number of carbonyl (C=O) groups is 3.